The quantitative estimate of drug-likeness (QED) is 0.465. The number of hydrogen-bond donors (Lipinski definition) is 0. The van der Waals surface area contributed by atoms with Gasteiger partial charge in [-0.2, -0.15) is 0 Å². The smallest absolute Gasteiger partial charge is 0.0349 e. The second-order valence-corrected chi connectivity index (χ2v) is 2.61. The van der Waals surface area contributed by atoms with E-state index >= 15 is 0 Å². The molecule has 2 radical (unpaired) electrons. The Bertz CT molecular complexity index is 68.1. The average molecular weight is 94.2 g/mol. The van der Waals surface area contributed by atoms with Gasteiger partial charge >= 0.3 is 0 Å². The van der Waals surface area contributed by atoms with Crippen LogP contribution in [0.2, 0.25) is 0 Å². The maximum Gasteiger partial charge on any atom is -0.0349 e. The van der Waals surface area contributed by atoms with Crippen LogP contribution in [-0.4, -0.2) is 0 Å². The molecular weight excluding hydrogens is 84.1 g/mol. The van der Waals surface area contributed by atoms with Crippen molar-refractivity contribution in [2.75, 3.05) is 0 Å². The molecule has 0 aromatic rings. The normalized spacial score (nSPS) is 32.6. The van der Waals surface area contributed by atoms with Crippen LogP contribution in [0.25, 0.3) is 0 Å². The molecule has 0 saturated heterocycles. The van der Waals surface area contributed by atoms with Crippen molar-refractivity contribution in [3.05, 3.63) is 12.8 Å². The summed E-state index contributed by atoms with van der Waals surface area (Å²) in [5, 5.41) is 0. The third-order valence-corrected chi connectivity index (χ3v) is 2.03. The summed E-state index contributed by atoms with van der Waals surface area (Å²) in [6, 6.07) is 0. The van der Waals surface area contributed by atoms with Gasteiger partial charge in [0, 0.05) is 0 Å². The molecule has 0 aliphatic heterocycles. The summed E-state index contributed by atoms with van der Waals surface area (Å²) < 4.78 is 0. The van der Waals surface area contributed by atoms with Crippen molar-refractivity contribution < 1.29 is 0 Å². The largest absolute Gasteiger partial charge is 0.0496 e. The van der Waals surface area contributed by atoms with Crippen LogP contribution in [0, 0.1) is 24.7 Å². The Morgan fingerprint density at radius 2 is 1.86 bits per heavy atom. The van der Waals surface area contributed by atoms with E-state index in [0.29, 0.717) is 0 Å². The molecule has 0 heterocycles. The summed E-state index contributed by atoms with van der Waals surface area (Å²) in [5.41, 5.74) is 0. The van der Waals surface area contributed by atoms with Gasteiger partial charge < -0.3 is 0 Å². The van der Waals surface area contributed by atoms with Crippen LogP contribution in [0.15, 0.2) is 0 Å². The topological polar surface area (TPSA) is 0 Å². The van der Waals surface area contributed by atoms with Crippen molar-refractivity contribution >= 4 is 0 Å². The molecule has 0 bridgehead atoms. The summed E-state index contributed by atoms with van der Waals surface area (Å²) in [7, 11) is 0. The zero-order chi connectivity index (χ0) is 4.69. The molecule has 0 spiro atoms. The minimum atomic E-state index is 1.01. The third kappa shape index (κ3) is 0.568. The Kier molecular flexibility index (Phi) is 0.697. The molecule has 0 N–H and O–H groups in total. The van der Waals surface area contributed by atoms with Crippen molar-refractivity contribution in [3.63, 3.8) is 0 Å². The van der Waals surface area contributed by atoms with E-state index in [0.717, 1.165) is 11.8 Å². The molecule has 0 amide bonds. The van der Waals surface area contributed by atoms with Crippen LogP contribution in [0.3, 0.4) is 0 Å². The second-order valence-electron chi connectivity index (χ2n) is 2.61. The van der Waals surface area contributed by atoms with Gasteiger partial charge in [-0.05, 0) is 43.9 Å². The molecule has 2 atom stereocenters. The van der Waals surface area contributed by atoms with Gasteiger partial charge in [-0.25, -0.2) is 0 Å². The van der Waals surface area contributed by atoms with Crippen molar-refractivity contribution in [1.29, 1.82) is 0 Å². The van der Waals surface area contributed by atoms with Gasteiger partial charge in [0.1, 0.15) is 0 Å². The molecule has 0 aromatic carbocycles. The highest BCUT2D eigenvalue weighted by atomic mass is 14.4. The average Bonchev–Trinajstić information content (AvgIpc) is 2.10. The van der Waals surface area contributed by atoms with Crippen molar-refractivity contribution in [2.45, 2.75) is 19.3 Å². The first kappa shape index (κ1) is 3.94. The monoisotopic (exact) mass is 94.1 g/mol. The Morgan fingerprint density at radius 1 is 1.14 bits per heavy atom. The summed E-state index contributed by atoms with van der Waals surface area (Å²) >= 11 is 0. The fraction of sp³-hybridized carbons (Fsp3) is 0.714. The van der Waals surface area contributed by atoms with Crippen LogP contribution in [0.4, 0.5) is 0 Å². The fourth-order valence-electron chi connectivity index (χ4n) is 1.18. The predicted octanol–water partition coefficient (Wildman–Crippen LogP) is 1.82. The molecular formula is C7H10. The molecule has 2 fully saturated rings. The zero-order valence-corrected chi connectivity index (χ0v) is 4.43. The molecule has 2 unspecified atom stereocenters. The minimum absolute atomic E-state index is 1.01. The Labute approximate surface area is 44.9 Å². The number of hydrogen-bond acceptors (Lipinski definition) is 0. The molecule has 38 valence electrons. The van der Waals surface area contributed by atoms with E-state index in [2.05, 4.69) is 12.8 Å². The maximum absolute atomic E-state index is 2.45. The van der Waals surface area contributed by atoms with E-state index in [1.54, 1.807) is 0 Å². The Morgan fingerprint density at radius 3 is 2.00 bits per heavy atom. The Hall–Kier alpha value is 0. The highest BCUT2D eigenvalue weighted by Gasteiger charge is 2.34. The molecule has 2 aliphatic rings. The van der Waals surface area contributed by atoms with E-state index in [4.69, 9.17) is 0 Å². The van der Waals surface area contributed by atoms with E-state index in [1.807, 2.05) is 0 Å². The SMILES string of the molecule is [CH]1CC1C1[CH]CC1. The lowest BCUT2D eigenvalue weighted by molar-refractivity contribution is 0.393. The zero-order valence-electron chi connectivity index (χ0n) is 4.43. The van der Waals surface area contributed by atoms with Crippen LogP contribution in [-0.2, 0) is 0 Å². The van der Waals surface area contributed by atoms with Crippen LogP contribution >= 0.6 is 0 Å². The van der Waals surface area contributed by atoms with Gasteiger partial charge in [0.15, 0.2) is 0 Å². The van der Waals surface area contributed by atoms with E-state index in [-0.39, 0.29) is 0 Å². The second kappa shape index (κ2) is 1.24. The highest BCUT2D eigenvalue weighted by Crippen LogP contribution is 2.44. The highest BCUT2D eigenvalue weighted by molar-refractivity contribution is 5.06. The lowest BCUT2D eigenvalue weighted by Gasteiger charge is -2.23. The summed E-state index contributed by atoms with van der Waals surface area (Å²) in [4.78, 5) is 0. The Balaban J connectivity index is 1.83. The van der Waals surface area contributed by atoms with Crippen molar-refractivity contribution in [1.82, 2.24) is 0 Å². The number of rotatable bonds is 1. The van der Waals surface area contributed by atoms with Gasteiger partial charge in [-0.15, -0.1) is 0 Å². The summed E-state index contributed by atoms with van der Waals surface area (Å²) in [6.45, 7) is 0. The summed E-state index contributed by atoms with van der Waals surface area (Å²) in [5.74, 6) is 2.04. The van der Waals surface area contributed by atoms with E-state index in [9.17, 15) is 0 Å². The fourth-order valence-corrected chi connectivity index (χ4v) is 1.18. The molecule has 0 heteroatoms. The van der Waals surface area contributed by atoms with Crippen LogP contribution in [0.5, 0.6) is 0 Å². The maximum atomic E-state index is 2.45. The van der Waals surface area contributed by atoms with Gasteiger partial charge in [0.05, 0.1) is 0 Å². The molecule has 0 aromatic heterocycles. The lowest BCUT2D eigenvalue weighted by atomic mass is 9.82. The lowest BCUT2D eigenvalue weighted by Crippen LogP contribution is -2.13. The van der Waals surface area contributed by atoms with Crippen LogP contribution in [0.1, 0.15) is 19.3 Å². The first-order valence-electron chi connectivity index (χ1n) is 3.13. The first-order chi connectivity index (χ1) is 3.47. The van der Waals surface area contributed by atoms with Crippen molar-refractivity contribution in [3.8, 4) is 0 Å². The van der Waals surface area contributed by atoms with Gasteiger partial charge in [-0.1, -0.05) is 0 Å². The third-order valence-electron chi connectivity index (χ3n) is 2.03. The van der Waals surface area contributed by atoms with E-state index in [1.165, 1.54) is 19.3 Å². The van der Waals surface area contributed by atoms with Gasteiger partial charge in [0.2, 0.25) is 0 Å². The minimum Gasteiger partial charge on any atom is -0.0496 e. The van der Waals surface area contributed by atoms with Gasteiger partial charge in [-0.3, -0.25) is 0 Å². The first-order valence-corrected chi connectivity index (χ1v) is 3.13. The molecule has 2 aliphatic carbocycles. The molecule has 0 nitrogen and oxygen atoms in total. The molecule has 2 saturated carbocycles. The molecule has 2 rings (SSSR count). The van der Waals surface area contributed by atoms with E-state index < -0.39 is 0 Å². The standard InChI is InChI=1S/C7H10/c1-2-6(3-1)7-4-5-7/h2,4,6-7H,1,3,5H2. The molecule has 7 heavy (non-hydrogen) atoms. The van der Waals surface area contributed by atoms with Crippen LogP contribution < -0.4 is 0 Å². The predicted molar refractivity (Wildman–Crippen MR) is 29.4 cm³/mol. The summed E-state index contributed by atoms with van der Waals surface area (Å²) in [6.07, 6.45) is 9.13. The van der Waals surface area contributed by atoms with Gasteiger partial charge in [0.25, 0.3) is 0 Å². The van der Waals surface area contributed by atoms with Crippen molar-refractivity contribution in [2.24, 2.45) is 11.8 Å².